The van der Waals surface area contributed by atoms with Crippen LogP contribution in [-0.4, -0.2) is 19.0 Å². The number of halogens is 1. The van der Waals surface area contributed by atoms with Crippen molar-refractivity contribution in [1.29, 1.82) is 0 Å². The molecule has 2 nitrogen and oxygen atoms in total. The molecule has 98 valence electrons. The zero-order valence-electron chi connectivity index (χ0n) is 10.8. The van der Waals surface area contributed by atoms with E-state index in [1.165, 1.54) is 25.7 Å². The third-order valence-corrected chi connectivity index (χ3v) is 4.68. The minimum atomic E-state index is -0.0872. The molecule has 4 atom stereocenters. The molecule has 0 aromatic rings. The van der Waals surface area contributed by atoms with Crippen molar-refractivity contribution in [3.05, 3.63) is 10.2 Å². The van der Waals surface area contributed by atoms with Gasteiger partial charge < -0.3 is 9.47 Å². The van der Waals surface area contributed by atoms with Crippen molar-refractivity contribution in [1.82, 2.24) is 0 Å². The Bertz CT molecular complexity index is 255. The monoisotopic (exact) mass is 350 g/mol. The molecule has 4 unspecified atom stereocenters. The van der Waals surface area contributed by atoms with E-state index in [2.05, 4.69) is 32.7 Å². The first kappa shape index (κ1) is 13.8. The van der Waals surface area contributed by atoms with Crippen LogP contribution < -0.4 is 0 Å². The van der Waals surface area contributed by atoms with Gasteiger partial charge in [0.15, 0.2) is 6.29 Å². The summed E-state index contributed by atoms with van der Waals surface area (Å²) in [7, 11) is 0. The molecule has 17 heavy (non-hydrogen) atoms. The van der Waals surface area contributed by atoms with Gasteiger partial charge in [0.1, 0.15) is 0 Å². The fraction of sp³-hybridized carbons (Fsp3) is 0.857. The quantitative estimate of drug-likeness (QED) is 0.530. The fourth-order valence-corrected chi connectivity index (χ4v) is 3.69. The van der Waals surface area contributed by atoms with E-state index in [9.17, 15) is 0 Å². The van der Waals surface area contributed by atoms with Gasteiger partial charge in [0.2, 0.25) is 0 Å². The van der Waals surface area contributed by atoms with Gasteiger partial charge in [0.05, 0.1) is 6.10 Å². The Kier molecular flexibility index (Phi) is 5.30. The second-order valence-electron chi connectivity index (χ2n) is 5.27. The molecule has 0 saturated heterocycles. The lowest BCUT2D eigenvalue weighted by Crippen LogP contribution is -2.26. The Hall–Kier alpha value is 0.390. The van der Waals surface area contributed by atoms with Crippen LogP contribution in [0.3, 0.4) is 0 Å². The average molecular weight is 350 g/mol. The zero-order chi connectivity index (χ0) is 12.3. The maximum absolute atomic E-state index is 6.03. The lowest BCUT2D eigenvalue weighted by atomic mass is 9.77. The molecule has 0 aromatic heterocycles. The van der Waals surface area contributed by atoms with Crippen molar-refractivity contribution < 1.29 is 9.47 Å². The average Bonchev–Trinajstić information content (AvgIpc) is 2.55. The molecule has 2 saturated carbocycles. The van der Waals surface area contributed by atoms with Crippen LogP contribution in [-0.2, 0) is 9.47 Å². The highest BCUT2D eigenvalue weighted by Crippen LogP contribution is 2.51. The molecule has 0 spiro atoms. The van der Waals surface area contributed by atoms with Crippen molar-refractivity contribution in [2.45, 2.75) is 51.9 Å². The summed E-state index contributed by atoms with van der Waals surface area (Å²) in [5.74, 6) is 2.70. The van der Waals surface area contributed by atoms with Gasteiger partial charge in [-0.1, -0.05) is 22.6 Å². The topological polar surface area (TPSA) is 18.5 Å². The summed E-state index contributed by atoms with van der Waals surface area (Å²) in [5.41, 5.74) is 0. The molecule has 0 amide bonds. The minimum Gasteiger partial charge on any atom is -0.353 e. The Balaban J connectivity index is 1.87. The van der Waals surface area contributed by atoms with Crippen molar-refractivity contribution >= 4 is 22.6 Å². The van der Waals surface area contributed by atoms with Crippen LogP contribution in [0.5, 0.6) is 0 Å². The van der Waals surface area contributed by atoms with E-state index < -0.39 is 0 Å². The van der Waals surface area contributed by atoms with Crippen LogP contribution in [0.2, 0.25) is 0 Å². The predicted octanol–water partition coefficient (Wildman–Crippen LogP) is 4.14. The summed E-state index contributed by atoms with van der Waals surface area (Å²) in [4.78, 5) is 0. The largest absolute Gasteiger partial charge is 0.353 e. The molecule has 2 rings (SSSR count). The lowest BCUT2D eigenvalue weighted by molar-refractivity contribution is -0.156. The Labute approximate surface area is 118 Å². The highest BCUT2D eigenvalue weighted by Gasteiger charge is 2.42. The van der Waals surface area contributed by atoms with E-state index in [1.54, 1.807) is 0 Å². The number of hydrogen-bond donors (Lipinski definition) is 0. The predicted molar refractivity (Wildman–Crippen MR) is 78.1 cm³/mol. The van der Waals surface area contributed by atoms with E-state index in [4.69, 9.17) is 9.47 Å². The van der Waals surface area contributed by atoms with E-state index in [0.29, 0.717) is 5.92 Å². The Morgan fingerprint density at radius 3 is 2.41 bits per heavy atom. The second kappa shape index (κ2) is 6.53. The van der Waals surface area contributed by atoms with Gasteiger partial charge in [0.25, 0.3) is 0 Å². The van der Waals surface area contributed by atoms with Crippen molar-refractivity contribution in [3.63, 3.8) is 0 Å². The van der Waals surface area contributed by atoms with E-state index >= 15 is 0 Å². The molecule has 0 bridgehead atoms. The van der Waals surface area contributed by atoms with Gasteiger partial charge in [-0.25, -0.2) is 0 Å². The highest BCUT2D eigenvalue weighted by molar-refractivity contribution is 14.1. The molecule has 0 heterocycles. The van der Waals surface area contributed by atoms with Gasteiger partial charge in [0, 0.05) is 6.61 Å². The van der Waals surface area contributed by atoms with Gasteiger partial charge >= 0.3 is 0 Å². The van der Waals surface area contributed by atoms with Gasteiger partial charge in [-0.05, 0) is 67.4 Å². The molecule has 0 radical (unpaired) electrons. The van der Waals surface area contributed by atoms with Crippen molar-refractivity contribution in [2.75, 3.05) is 6.61 Å². The summed E-state index contributed by atoms with van der Waals surface area (Å²) in [5, 5.41) is 0. The Morgan fingerprint density at radius 2 is 1.94 bits per heavy atom. The molecule has 0 aromatic carbocycles. The van der Waals surface area contributed by atoms with Crippen LogP contribution in [0.1, 0.15) is 39.5 Å². The van der Waals surface area contributed by atoms with E-state index in [-0.39, 0.29) is 12.4 Å². The fourth-order valence-electron chi connectivity index (χ4n) is 3.28. The normalized spacial score (nSPS) is 35.6. The van der Waals surface area contributed by atoms with Crippen LogP contribution in [0.15, 0.2) is 10.2 Å². The number of fused-ring (bicyclic) bond motifs is 1. The zero-order valence-corrected chi connectivity index (χ0v) is 12.9. The summed E-state index contributed by atoms with van der Waals surface area (Å²) in [6, 6.07) is 0. The smallest absolute Gasteiger partial charge is 0.155 e. The molecule has 2 aliphatic carbocycles. The van der Waals surface area contributed by atoms with E-state index in [0.717, 1.165) is 18.4 Å². The second-order valence-corrected chi connectivity index (χ2v) is 5.99. The van der Waals surface area contributed by atoms with Crippen LogP contribution in [0.25, 0.3) is 0 Å². The minimum absolute atomic E-state index is 0.0872. The van der Waals surface area contributed by atoms with Gasteiger partial charge in [-0.15, -0.1) is 0 Å². The standard InChI is InChI=1S/C14H23IO2/c1-3-16-10(2)17-14(6-7-15)13-8-11-4-5-12(11)9-13/h6-7,10-14H,3-5,8-9H2,1-2H3. The summed E-state index contributed by atoms with van der Waals surface area (Å²) < 4.78 is 13.6. The third kappa shape index (κ3) is 3.44. The maximum Gasteiger partial charge on any atom is 0.155 e. The first-order valence-electron chi connectivity index (χ1n) is 6.78. The molecule has 0 aliphatic heterocycles. The molecule has 2 aliphatic rings. The summed E-state index contributed by atoms with van der Waals surface area (Å²) >= 11 is 2.28. The summed E-state index contributed by atoms with van der Waals surface area (Å²) in [6.45, 7) is 4.73. The molecular weight excluding hydrogens is 327 g/mol. The van der Waals surface area contributed by atoms with Crippen molar-refractivity contribution in [2.24, 2.45) is 17.8 Å². The first-order valence-corrected chi connectivity index (χ1v) is 8.03. The number of rotatable bonds is 6. The lowest BCUT2D eigenvalue weighted by Gasteiger charge is -2.29. The maximum atomic E-state index is 6.03. The number of ether oxygens (including phenoxy) is 2. The van der Waals surface area contributed by atoms with Crippen molar-refractivity contribution in [3.8, 4) is 0 Å². The van der Waals surface area contributed by atoms with Crippen LogP contribution >= 0.6 is 22.6 Å². The highest BCUT2D eigenvalue weighted by atomic mass is 127. The summed E-state index contributed by atoms with van der Waals surface area (Å²) in [6.07, 6.45) is 7.97. The molecule has 3 heteroatoms. The molecule has 0 N–H and O–H groups in total. The van der Waals surface area contributed by atoms with Gasteiger partial charge in [-0.3, -0.25) is 0 Å². The van der Waals surface area contributed by atoms with E-state index in [1.807, 2.05) is 13.8 Å². The van der Waals surface area contributed by atoms with Crippen LogP contribution in [0.4, 0.5) is 0 Å². The molecule has 2 fully saturated rings. The molecular formula is C14H23IO2. The SMILES string of the molecule is CCOC(C)OC(C=CI)C1CC2CCC2C1. The third-order valence-electron chi connectivity index (χ3n) is 4.26. The Morgan fingerprint density at radius 1 is 1.29 bits per heavy atom. The van der Waals surface area contributed by atoms with Gasteiger partial charge in [-0.2, -0.15) is 0 Å². The number of hydrogen-bond acceptors (Lipinski definition) is 2. The first-order chi connectivity index (χ1) is 8.24. The van der Waals surface area contributed by atoms with Crippen LogP contribution in [0, 0.1) is 17.8 Å².